The fourth-order valence-corrected chi connectivity index (χ4v) is 3.00. The highest BCUT2D eigenvalue weighted by Gasteiger charge is 2.24. The summed E-state index contributed by atoms with van der Waals surface area (Å²) in [5, 5.41) is 0. The number of piperazine rings is 1. The molecule has 1 aromatic carbocycles. The molecule has 0 N–H and O–H groups in total. The Balaban J connectivity index is 1.95. The van der Waals surface area contributed by atoms with Gasteiger partial charge in [-0.05, 0) is 24.3 Å². The van der Waals surface area contributed by atoms with Gasteiger partial charge < -0.3 is 9.80 Å². The first kappa shape index (κ1) is 17.2. The van der Waals surface area contributed by atoms with E-state index >= 15 is 0 Å². The second-order valence-corrected chi connectivity index (χ2v) is 6.08. The van der Waals surface area contributed by atoms with Crippen LogP contribution >= 0.6 is 0 Å². The van der Waals surface area contributed by atoms with Crippen molar-refractivity contribution in [2.45, 2.75) is 6.92 Å². The molecule has 1 fully saturated rings. The Labute approximate surface area is 147 Å². The molecule has 130 valence electrons. The third-order valence-electron chi connectivity index (χ3n) is 4.51. The lowest BCUT2D eigenvalue weighted by atomic mass is 10.1. The molecular weight excluding hydrogens is 314 g/mol. The summed E-state index contributed by atoms with van der Waals surface area (Å²) in [7, 11) is 0. The summed E-state index contributed by atoms with van der Waals surface area (Å²) in [5.74, 6) is -0.104. The van der Waals surface area contributed by atoms with Crippen LogP contribution in [0, 0.1) is 0 Å². The quantitative estimate of drug-likeness (QED) is 0.802. The van der Waals surface area contributed by atoms with Crippen molar-refractivity contribution in [3.8, 4) is 0 Å². The van der Waals surface area contributed by atoms with E-state index in [0.29, 0.717) is 18.8 Å². The summed E-state index contributed by atoms with van der Waals surface area (Å²) in [4.78, 5) is 29.6. The molecule has 25 heavy (non-hydrogen) atoms. The Morgan fingerprint density at radius 2 is 1.68 bits per heavy atom. The molecule has 0 atom stereocenters. The minimum atomic E-state index is -0.203. The molecule has 1 aliphatic rings. The lowest BCUT2D eigenvalue weighted by Crippen LogP contribution is -2.49. The topological polar surface area (TPSA) is 45.5 Å². The van der Waals surface area contributed by atoms with Crippen LogP contribution in [-0.4, -0.2) is 53.0 Å². The fraction of sp³-hybridized carbons (Fsp3) is 0.300. The van der Waals surface area contributed by atoms with Gasteiger partial charge in [0.25, 0.3) is 11.5 Å². The van der Waals surface area contributed by atoms with Gasteiger partial charge in [-0.3, -0.25) is 14.2 Å². The summed E-state index contributed by atoms with van der Waals surface area (Å²) in [5.41, 5.74) is 1.08. The molecule has 2 heterocycles. The van der Waals surface area contributed by atoms with E-state index in [0.717, 1.165) is 25.2 Å². The maximum Gasteiger partial charge on any atom is 0.271 e. The molecule has 1 amide bonds. The third kappa shape index (κ3) is 4.06. The first-order valence-corrected chi connectivity index (χ1v) is 8.65. The molecule has 0 radical (unpaired) electrons. The highest BCUT2D eigenvalue weighted by molar-refractivity contribution is 6.18. The number of hydrogen-bond donors (Lipinski definition) is 0. The normalized spacial score (nSPS) is 16.0. The fourth-order valence-electron chi connectivity index (χ4n) is 3.00. The van der Waals surface area contributed by atoms with Gasteiger partial charge in [0.05, 0.1) is 0 Å². The summed E-state index contributed by atoms with van der Waals surface area (Å²) >= 11 is 0. The van der Waals surface area contributed by atoms with Crippen LogP contribution in [0.25, 0.3) is 11.8 Å². The van der Waals surface area contributed by atoms with Crippen molar-refractivity contribution in [3.63, 3.8) is 0 Å². The van der Waals surface area contributed by atoms with Crippen LogP contribution in [0.2, 0.25) is 0 Å². The molecular formula is C20H23N3O2. The van der Waals surface area contributed by atoms with Crippen LogP contribution in [0.1, 0.15) is 12.5 Å². The molecule has 2 aromatic rings. The number of likely N-dealkylation sites (N-methyl/N-ethyl adjacent to an activating group) is 1. The van der Waals surface area contributed by atoms with Crippen molar-refractivity contribution < 1.29 is 4.79 Å². The van der Waals surface area contributed by atoms with Gasteiger partial charge in [0, 0.05) is 38.4 Å². The van der Waals surface area contributed by atoms with Gasteiger partial charge in [0.1, 0.15) is 5.70 Å². The number of carbonyl (C=O) groups excluding carboxylic acids is 1. The van der Waals surface area contributed by atoms with Crippen molar-refractivity contribution in [1.29, 1.82) is 0 Å². The minimum absolute atomic E-state index is 0.104. The number of nitrogens with zero attached hydrogens (tertiary/aromatic N) is 3. The highest BCUT2D eigenvalue weighted by Crippen LogP contribution is 2.15. The zero-order chi connectivity index (χ0) is 17.6. The van der Waals surface area contributed by atoms with Gasteiger partial charge in [-0.2, -0.15) is 0 Å². The van der Waals surface area contributed by atoms with Gasteiger partial charge in [0.15, 0.2) is 0 Å². The van der Waals surface area contributed by atoms with Crippen LogP contribution in [-0.2, 0) is 4.79 Å². The SMILES string of the molecule is CCN1CCN(C(=O)/C(=C\c2ccccc2)n2ccccc2=O)CC1. The minimum Gasteiger partial charge on any atom is -0.335 e. The average molecular weight is 337 g/mol. The standard InChI is InChI=1S/C20H23N3O2/c1-2-21-12-14-22(15-13-21)20(25)18(16-17-8-4-3-5-9-17)23-11-7-6-10-19(23)24/h3-11,16H,2,12-15H2,1H3/b18-16+. The maximum atomic E-state index is 13.1. The smallest absolute Gasteiger partial charge is 0.271 e. The monoisotopic (exact) mass is 337 g/mol. The van der Waals surface area contributed by atoms with E-state index in [1.54, 1.807) is 24.4 Å². The van der Waals surface area contributed by atoms with Crippen molar-refractivity contribution >= 4 is 17.7 Å². The zero-order valence-electron chi connectivity index (χ0n) is 14.5. The number of carbonyl (C=O) groups is 1. The molecule has 1 aliphatic heterocycles. The van der Waals surface area contributed by atoms with E-state index < -0.39 is 0 Å². The van der Waals surface area contributed by atoms with E-state index in [1.807, 2.05) is 35.2 Å². The predicted molar refractivity (Wildman–Crippen MR) is 100 cm³/mol. The number of rotatable bonds is 4. The van der Waals surface area contributed by atoms with E-state index in [9.17, 15) is 9.59 Å². The lowest BCUT2D eigenvalue weighted by Gasteiger charge is -2.34. The van der Waals surface area contributed by atoms with Crippen LogP contribution in [0.5, 0.6) is 0 Å². The average Bonchev–Trinajstić information content (AvgIpc) is 2.67. The second-order valence-electron chi connectivity index (χ2n) is 6.08. The summed E-state index contributed by atoms with van der Waals surface area (Å²) in [6, 6.07) is 14.5. The van der Waals surface area contributed by atoms with E-state index in [1.165, 1.54) is 10.6 Å². The van der Waals surface area contributed by atoms with E-state index in [4.69, 9.17) is 0 Å². The number of benzene rings is 1. The van der Waals surface area contributed by atoms with Crippen molar-refractivity contribution in [3.05, 3.63) is 70.6 Å². The molecule has 0 unspecified atom stereocenters. The van der Waals surface area contributed by atoms with Crippen LogP contribution in [0.15, 0.2) is 59.5 Å². The van der Waals surface area contributed by atoms with Crippen LogP contribution < -0.4 is 5.56 Å². The van der Waals surface area contributed by atoms with Gasteiger partial charge >= 0.3 is 0 Å². The molecule has 0 bridgehead atoms. The molecule has 3 rings (SSSR count). The number of pyridine rings is 1. The van der Waals surface area contributed by atoms with Gasteiger partial charge in [-0.25, -0.2) is 0 Å². The Morgan fingerprint density at radius 3 is 2.32 bits per heavy atom. The first-order chi connectivity index (χ1) is 12.2. The maximum absolute atomic E-state index is 13.1. The molecule has 1 aromatic heterocycles. The van der Waals surface area contributed by atoms with Gasteiger partial charge in [-0.1, -0.05) is 43.3 Å². The van der Waals surface area contributed by atoms with E-state index in [2.05, 4.69) is 11.8 Å². The Kier molecular flexibility index (Phi) is 5.46. The Hall–Kier alpha value is -2.66. The lowest BCUT2D eigenvalue weighted by molar-refractivity contribution is -0.127. The summed E-state index contributed by atoms with van der Waals surface area (Å²) < 4.78 is 1.43. The number of amides is 1. The molecule has 1 saturated heterocycles. The summed E-state index contributed by atoms with van der Waals surface area (Å²) in [6.07, 6.45) is 3.44. The van der Waals surface area contributed by atoms with Gasteiger partial charge in [0.2, 0.25) is 0 Å². The van der Waals surface area contributed by atoms with Crippen molar-refractivity contribution in [2.75, 3.05) is 32.7 Å². The third-order valence-corrected chi connectivity index (χ3v) is 4.51. The second kappa shape index (κ2) is 7.94. The van der Waals surface area contributed by atoms with Crippen LogP contribution in [0.3, 0.4) is 0 Å². The van der Waals surface area contributed by atoms with E-state index in [-0.39, 0.29) is 11.5 Å². The number of aromatic nitrogens is 1. The predicted octanol–water partition coefficient (Wildman–Crippen LogP) is 2.01. The Bertz CT molecular complexity index is 803. The van der Waals surface area contributed by atoms with Crippen molar-refractivity contribution in [1.82, 2.24) is 14.4 Å². The Morgan fingerprint density at radius 1 is 1.00 bits per heavy atom. The van der Waals surface area contributed by atoms with Crippen LogP contribution in [0.4, 0.5) is 0 Å². The molecule has 0 saturated carbocycles. The largest absolute Gasteiger partial charge is 0.335 e. The molecule has 5 nitrogen and oxygen atoms in total. The molecule has 0 spiro atoms. The highest BCUT2D eigenvalue weighted by atomic mass is 16.2. The zero-order valence-corrected chi connectivity index (χ0v) is 14.5. The molecule has 5 heteroatoms. The van der Waals surface area contributed by atoms with Crippen molar-refractivity contribution in [2.24, 2.45) is 0 Å². The molecule has 0 aliphatic carbocycles. The number of hydrogen-bond acceptors (Lipinski definition) is 3. The summed E-state index contributed by atoms with van der Waals surface area (Å²) in [6.45, 7) is 6.21. The van der Waals surface area contributed by atoms with Gasteiger partial charge in [-0.15, -0.1) is 0 Å². The first-order valence-electron chi connectivity index (χ1n) is 8.65.